The van der Waals surface area contributed by atoms with Gasteiger partial charge in [-0.1, -0.05) is 6.92 Å². The van der Waals surface area contributed by atoms with Gasteiger partial charge in [0.05, 0.1) is 5.60 Å². The first-order valence-corrected chi connectivity index (χ1v) is 2.68. The first-order chi connectivity index (χ1) is 3.69. The minimum absolute atomic E-state index is 0.0498. The van der Waals surface area contributed by atoms with Gasteiger partial charge < -0.3 is 5.11 Å². The van der Waals surface area contributed by atoms with Gasteiger partial charge in [0.1, 0.15) is 6.61 Å². The van der Waals surface area contributed by atoms with Gasteiger partial charge in [0.15, 0.2) is 0 Å². The molecule has 2 unspecified atom stereocenters. The van der Waals surface area contributed by atoms with E-state index in [1.165, 1.54) is 0 Å². The Morgan fingerprint density at radius 2 is 2.38 bits per heavy atom. The smallest absolute Gasteiger partial charge is 0.111 e. The van der Waals surface area contributed by atoms with Crippen LogP contribution < -0.4 is 0 Å². The Balaban J connectivity index is 2.25. The molecule has 0 heterocycles. The van der Waals surface area contributed by atoms with Gasteiger partial charge >= 0.3 is 0 Å². The van der Waals surface area contributed by atoms with Gasteiger partial charge in [-0.15, -0.1) is 0 Å². The first-order valence-electron chi connectivity index (χ1n) is 2.68. The molecule has 1 fully saturated rings. The molecule has 0 saturated heterocycles. The second-order valence-corrected chi connectivity index (χ2v) is 2.48. The minimum Gasteiger partial charge on any atom is -0.387 e. The highest BCUT2D eigenvalue weighted by Gasteiger charge is 2.50. The predicted octanol–water partition coefficient (Wildman–Crippen LogP) is 0.247. The molecule has 2 N–H and O–H groups in total. The largest absolute Gasteiger partial charge is 0.387 e. The average molecular weight is 118 g/mol. The highest BCUT2D eigenvalue weighted by molar-refractivity contribution is 5.00. The summed E-state index contributed by atoms with van der Waals surface area (Å²) in [5, 5.41) is 17.0. The van der Waals surface area contributed by atoms with Crippen molar-refractivity contribution in [2.24, 2.45) is 5.92 Å². The van der Waals surface area contributed by atoms with Crippen molar-refractivity contribution in [3.8, 4) is 0 Å². The number of aliphatic hydroxyl groups is 1. The van der Waals surface area contributed by atoms with Gasteiger partial charge in [-0.2, -0.15) is 0 Å². The Labute approximate surface area is 47.8 Å². The van der Waals surface area contributed by atoms with E-state index < -0.39 is 5.60 Å². The van der Waals surface area contributed by atoms with Crippen LogP contribution in [0.1, 0.15) is 13.3 Å². The normalized spacial score (nSPS) is 44.6. The van der Waals surface area contributed by atoms with Gasteiger partial charge in [0.25, 0.3) is 0 Å². The molecule has 0 aliphatic heterocycles. The zero-order valence-electron chi connectivity index (χ0n) is 4.79. The fourth-order valence-corrected chi connectivity index (χ4v) is 0.784. The van der Waals surface area contributed by atoms with Crippen LogP contribution in [0, 0.1) is 5.92 Å². The van der Waals surface area contributed by atoms with Gasteiger partial charge in [-0.25, -0.2) is 4.89 Å². The second kappa shape index (κ2) is 1.69. The molecule has 1 saturated carbocycles. The third kappa shape index (κ3) is 0.844. The molecule has 1 aliphatic carbocycles. The molecule has 0 bridgehead atoms. The molecule has 0 spiro atoms. The standard InChI is InChI=1S/C5H10O3/c1-4-2-5(4,6)3-8-7/h4,6-7H,2-3H2,1H3. The highest BCUT2D eigenvalue weighted by Crippen LogP contribution is 2.42. The molecule has 3 nitrogen and oxygen atoms in total. The maximum Gasteiger partial charge on any atom is 0.111 e. The Morgan fingerprint density at radius 1 is 1.88 bits per heavy atom. The van der Waals surface area contributed by atoms with E-state index in [9.17, 15) is 0 Å². The molecule has 48 valence electrons. The number of hydrogen-bond acceptors (Lipinski definition) is 3. The van der Waals surface area contributed by atoms with E-state index in [0.717, 1.165) is 6.42 Å². The molecule has 0 aromatic rings. The number of hydrogen-bond donors (Lipinski definition) is 2. The average Bonchev–Trinajstić information content (AvgIpc) is 2.16. The lowest BCUT2D eigenvalue weighted by molar-refractivity contribution is -0.261. The van der Waals surface area contributed by atoms with Crippen LogP contribution in [0.5, 0.6) is 0 Å². The van der Waals surface area contributed by atoms with Crippen LogP contribution in [0.15, 0.2) is 0 Å². The first kappa shape index (κ1) is 6.01. The van der Waals surface area contributed by atoms with E-state index in [0.29, 0.717) is 0 Å². The number of rotatable bonds is 2. The van der Waals surface area contributed by atoms with Crippen LogP contribution in [0.2, 0.25) is 0 Å². The molecular formula is C5H10O3. The summed E-state index contributed by atoms with van der Waals surface area (Å²) in [5.74, 6) is 0.287. The van der Waals surface area contributed by atoms with E-state index in [-0.39, 0.29) is 12.5 Å². The molecule has 0 aromatic heterocycles. The summed E-state index contributed by atoms with van der Waals surface area (Å²) in [7, 11) is 0. The summed E-state index contributed by atoms with van der Waals surface area (Å²) in [6, 6.07) is 0. The molecule has 1 aliphatic rings. The van der Waals surface area contributed by atoms with Gasteiger partial charge in [-0.3, -0.25) is 5.26 Å². The van der Waals surface area contributed by atoms with Crippen LogP contribution in [0.3, 0.4) is 0 Å². The third-order valence-corrected chi connectivity index (χ3v) is 1.73. The summed E-state index contributed by atoms with van der Waals surface area (Å²) < 4.78 is 0. The van der Waals surface area contributed by atoms with Crippen LogP contribution in [-0.2, 0) is 4.89 Å². The molecule has 0 aromatic carbocycles. The molecule has 0 radical (unpaired) electrons. The summed E-state index contributed by atoms with van der Waals surface area (Å²) in [5.41, 5.74) is -0.714. The fraction of sp³-hybridized carbons (Fsp3) is 1.00. The second-order valence-electron chi connectivity index (χ2n) is 2.48. The Hall–Kier alpha value is -0.120. The maximum absolute atomic E-state index is 9.11. The fourth-order valence-electron chi connectivity index (χ4n) is 0.784. The lowest BCUT2D eigenvalue weighted by Crippen LogP contribution is -2.17. The quantitative estimate of drug-likeness (QED) is 0.403. The zero-order chi connectivity index (χ0) is 6.20. The van der Waals surface area contributed by atoms with Crippen LogP contribution >= 0.6 is 0 Å². The van der Waals surface area contributed by atoms with Crippen molar-refractivity contribution in [1.29, 1.82) is 0 Å². The van der Waals surface area contributed by atoms with Crippen molar-refractivity contribution in [1.82, 2.24) is 0 Å². The van der Waals surface area contributed by atoms with Gasteiger partial charge in [0, 0.05) is 0 Å². The molecular weight excluding hydrogens is 108 g/mol. The van der Waals surface area contributed by atoms with Crippen molar-refractivity contribution in [2.45, 2.75) is 18.9 Å². The van der Waals surface area contributed by atoms with E-state index in [1.807, 2.05) is 6.92 Å². The van der Waals surface area contributed by atoms with E-state index in [2.05, 4.69) is 4.89 Å². The molecule has 2 atom stereocenters. The van der Waals surface area contributed by atoms with Crippen molar-refractivity contribution in [2.75, 3.05) is 6.61 Å². The van der Waals surface area contributed by atoms with Crippen LogP contribution in [0.25, 0.3) is 0 Å². The highest BCUT2D eigenvalue weighted by atomic mass is 17.1. The van der Waals surface area contributed by atoms with Crippen molar-refractivity contribution in [3.63, 3.8) is 0 Å². The summed E-state index contributed by atoms with van der Waals surface area (Å²) >= 11 is 0. The monoisotopic (exact) mass is 118 g/mol. The van der Waals surface area contributed by atoms with Crippen LogP contribution in [0.4, 0.5) is 0 Å². The summed E-state index contributed by atoms with van der Waals surface area (Å²) in [4.78, 5) is 3.79. The van der Waals surface area contributed by atoms with E-state index in [1.54, 1.807) is 0 Å². The van der Waals surface area contributed by atoms with Crippen molar-refractivity contribution < 1.29 is 15.3 Å². The van der Waals surface area contributed by atoms with Crippen molar-refractivity contribution in [3.05, 3.63) is 0 Å². The maximum atomic E-state index is 9.11. The lowest BCUT2D eigenvalue weighted by Gasteiger charge is -2.02. The minimum atomic E-state index is -0.714. The van der Waals surface area contributed by atoms with Gasteiger partial charge in [0.2, 0.25) is 0 Å². The molecule has 0 amide bonds. The Kier molecular flexibility index (Phi) is 1.27. The lowest BCUT2D eigenvalue weighted by atomic mass is 10.3. The SMILES string of the molecule is CC1CC1(O)COO. The van der Waals surface area contributed by atoms with E-state index >= 15 is 0 Å². The summed E-state index contributed by atoms with van der Waals surface area (Å²) in [6.45, 7) is 1.97. The van der Waals surface area contributed by atoms with Gasteiger partial charge in [-0.05, 0) is 12.3 Å². The van der Waals surface area contributed by atoms with Crippen LogP contribution in [-0.4, -0.2) is 22.6 Å². The molecule has 3 heteroatoms. The topological polar surface area (TPSA) is 49.7 Å². The molecule has 1 rings (SSSR count). The molecule has 8 heavy (non-hydrogen) atoms. The Morgan fingerprint density at radius 3 is 2.50 bits per heavy atom. The predicted molar refractivity (Wildman–Crippen MR) is 27.3 cm³/mol. The third-order valence-electron chi connectivity index (χ3n) is 1.73. The van der Waals surface area contributed by atoms with E-state index in [4.69, 9.17) is 10.4 Å². The van der Waals surface area contributed by atoms with Crippen molar-refractivity contribution >= 4 is 0 Å². The zero-order valence-corrected chi connectivity index (χ0v) is 4.79. The summed E-state index contributed by atoms with van der Waals surface area (Å²) in [6.07, 6.45) is 0.744. The Bertz CT molecular complexity index is 93.7.